The molecule has 1 aliphatic heterocycles. The molecule has 1 aliphatic rings. The van der Waals surface area contributed by atoms with Crippen molar-refractivity contribution in [3.63, 3.8) is 0 Å². The van der Waals surface area contributed by atoms with Gasteiger partial charge in [0.05, 0.1) is 10.7 Å². The Morgan fingerprint density at radius 1 is 1.33 bits per heavy atom. The van der Waals surface area contributed by atoms with Gasteiger partial charge >= 0.3 is 6.03 Å². The van der Waals surface area contributed by atoms with Gasteiger partial charge in [-0.25, -0.2) is 14.2 Å². The number of benzene rings is 1. The van der Waals surface area contributed by atoms with E-state index in [-0.39, 0.29) is 11.8 Å². The van der Waals surface area contributed by atoms with Crippen LogP contribution in [0.4, 0.5) is 14.9 Å². The van der Waals surface area contributed by atoms with Crippen LogP contribution in [0.5, 0.6) is 0 Å². The van der Waals surface area contributed by atoms with Crippen molar-refractivity contribution in [2.45, 2.75) is 19.9 Å². The number of piperazine rings is 1. The van der Waals surface area contributed by atoms with E-state index in [1.165, 1.54) is 12.1 Å². The first-order valence-electron chi connectivity index (χ1n) is 8.11. The van der Waals surface area contributed by atoms with E-state index in [1.54, 1.807) is 28.4 Å². The Balaban J connectivity index is 1.48. The number of aromatic nitrogens is 1. The van der Waals surface area contributed by atoms with E-state index in [0.717, 1.165) is 36.8 Å². The third-order valence-electron chi connectivity index (χ3n) is 4.02. The van der Waals surface area contributed by atoms with E-state index in [1.807, 2.05) is 0 Å². The third kappa shape index (κ3) is 4.30. The number of urea groups is 1. The topological polar surface area (TPSA) is 48.5 Å². The molecule has 1 saturated heterocycles. The second-order valence-electron chi connectivity index (χ2n) is 5.79. The quantitative estimate of drug-likeness (QED) is 0.923. The van der Waals surface area contributed by atoms with Crippen LogP contribution in [0.15, 0.2) is 29.6 Å². The van der Waals surface area contributed by atoms with Crippen LogP contribution in [-0.2, 0) is 13.0 Å². The van der Waals surface area contributed by atoms with Gasteiger partial charge in [-0.05, 0) is 24.6 Å². The first kappa shape index (κ1) is 16.9. The number of rotatable bonds is 4. The monoisotopic (exact) mass is 348 g/mol. The van der Waals surface area contributed by atoms with Gasteiger partial charge in [-0.15, -0.1) is 11.3 Å². The number of aryl methyl sites for hydroxylation is 1. The zero-order valence-electron chi connectivity index (χ0n) is 13.7. The number of nitrogens with one attached hydrogen (secondary N) is 1. The van der Waals surface area contributed by atoms with Gasteiger partial charge in [0.25, 0.3) is 0 Å². The molecule has 24 heavy (non-hydrogen) atoms. The highest BCUT2D eigenvalue weighted by molar-refractivity contribution is 7.09. The molecule has 0 spiro atoms. The van der Waals surface area contributed by atoms with E-state index in [9.17, 15) is 9.18 Å². The van der Waals surface area contributed by atoms with E-state index in [0.29, 0.717) is 18.8 Å². The average Bonchev–Trinajstić information content (AvgIpc) is 3.03. The maximum atomic E-state index is 13.2. The van der Waals surface area contributed by atoms with Crippen molar-refractivity contribution in [2.24, 2.45) is 0 Å². The second kappa shape index (κ2) is 7.72. The van der Waals surface area contributed by atoms with Crippen LogP contribution in [0, 0.1) is 5.82 Å². The largest absolute Gasteiger partial charge is 0.322 e. The van der Waals surface area contributed by atoms with Crippen LogP contribution in [-0.4, -0.2) is 47.0 Å². The molecule has 0 radical (unpaired) electrons. The summed E-state index contributed by atoms with van der Waals surface area (Å²) in [5.41, 5.74) is 1.59. The highest BCUT2D eigenvalue weighted by Crippen LogP contribution is 2.15. The van der Waals surface area contributed by atoms with Crippen molar-refractivity contribution >= 4 is 23.1 Å². The lowest BCUT2D eigenvalue weighted by atomic mass is 10.3. The third-order valence-corrected chi connectivity index (χ3v) is 5.06. The van der Waals surface area contributed by atoms with Gasteiger partial charge in [-0.1, -0.05) is 13.0 Å². The molecule has 7 heteroatoms. The van der Waals surface area contributed by atoms with Crippen LogP contribution in [0.3, 0.4) is 0 Å². The van der Waals surface area contributed by atoms with Gasteiger partial charge in [0.2, 0.25) is 0 Å². The summed E-state index contributed by atoms with van der Waals surface area (Å²) in [7, 11) is 0. The fourth-order valence-corrected chi connectivity index (χ4v) is 3.43. The maximum Gasteiger partial charge on any atom is 0.321 e. The molecule has 128 valence electrons. The SMILES string of the molecule is CCc1nc(CN2CCN(C(=O)Nc3cccc(F)c3)CC2)cs1. The van der Waals surface area contributed by atoms with E-state index >= 15 is 0 Å². The van der Waals surface area contributed by atoms with Gasteiger partial charge in [0.1, 0.15) is 5.82 Å². The van der Waals surface area contributed by atoms with Crippen molar-refractivity contribution in [1.29, 1.82) is 0 Å². The number of thiazole rings is 1. The second-order valence-corrected chi connectivity index (χ2v) is 6.73. The van der Waals surface area contributed by atoms with Crippen LogP contribution in [0.25, 0.3) is 0 Å². The lowest BCUT2D eigenvalue weighted by Crippen LogP contribution is -2.49. The Kier molecular flexibility index (Phi) is 5.42. The standard InChI is InChI=1S/C17H21FN4OS/c1-2-16-19-15(12-24-16)11-21-6-8-22(9-7-21)17(23)20-14-5-3-4-13(18)10-14/h3-5,10,12H,2,6-9,11H2,1H3,(H,20,23). The minimum atomic E-state index is -0.354. The molecule has 0 bridgehead atoms. The summed E-state index contributed by atoms with van der Waals surface area (Å²) < 4.78 is 13.2. The molecule has 2 heterocycles. The van der Waals surface area contributed by atoms with Crippen molar-refractivity contribution in [2.75, 3.05) is 31.5 Å². The summed E-state index contributed by atoms with van der Waals surface area (Å²) in [4.78, 5) is 20.9. The maximum absolute atomic E-state index is 13.2. The number of anilines is 1. The molecule has 3 rings (SSSR count). The minimum Gasteiger partial charge on any atom is -0.322 e. The molecule has 1 N–H and O–H groups in total. The number of hydrogen-bond acceptors (Lipinski definition) is 4. The van der Waals surface area contributed by atoms with Crippen molar-refractivity contribution in [3.8, 4) is 0 Å². The fraction of sp³-hybridized carbons (Fsp3) is 0.412. The average molecular weight is 348 g/mol. The first-order valence-corrected chi connectivity index (χ1v) is 8.99. The Hall–Kier alpha value is -1.99. The molecule has 2 aromatic rings. The Morgan fingerprint density at radius 2 is 2.12 bits per heavy atom. The number of nitrogens with zero attached hydrogens (tertiary/aromatic N) is 3. The number of hydrogen-bond donors (Lipinski definition) is 1. The fourth-order valence-electron chi connectivity index (χ4n) is 2.69. The van der Waals surface area contributed by atoms with Gasteiger partial charge in [-0.2, -0.15) is 0 Å². The van der Waals surface area contributed by atoms with Gasteiger partial charge < -0.3 is 10.2 Å². The summed E-state index contributed by atoms with van der Waals surface area (Å²) in [5, 5.41) is 6.02. The molecule has 0 aliphatic carbocycles. The number of carbonyl (C=O) groups excluding carboxylic acids is 1. The van der Waals surface area contributed by atoms with Gasteiger partial charge in [0, 0.05) is 43.8 Å². The van der Waals surface area contributed by atoms with Crippen LogP contribution < -0.4 is 5.32 Å². The Morgan fingerprint density at radius 3 is 2.79 bits per heavy atom. The number of halogens is 1. The molecular weight excluding hydrogens is 327 g/mol. The molecule has 1 aromatic heterocycles. The number of carbonyl (C=O) groups is 1. The van der Waals surface area contributed by atoms with Gasteiger partial charge in [0.15, 0.2) is 0 Å². The first-order chi connectivity index (χ1) is 11.6. The molecular formula is C17H21FN4OS. The molecule has 5 nitrogen and oxygen atoms in total. The predicted octanol–water partition coefficient (Wildman–Crippen LogP) is 3.19. The Labute approximate surface area is 145 Å². The lowest BCUT2D eigenvalue weighted by Gasteiger charge is -2.34. The Bertz CT molecular complexity index is 697. The summed E-state index contributed by atoms with van der Waals surface area (Å²) in [5.74, 6) is -0.354. The van der Waals surface area contributed by atoms with Crippen molar-refractivity contribution in [3.05, 3.63) is 46.2 Å². The number of amides is 2. The van der Waals surface area contributed by atoms with Gasteiger partial charge in [-0.3, -0.25) is 4.90 Å². The lowest BCUT2D eigenvalue weighted by molar-refractivity contribution is 0.142. The van der Waals surface area contributed by atoms with Crippen molar-refractivity contribution in [1.82, 2.24) is 14.8 Å². The van der Waals surface area contributed by atoms with E-state index < -0.39 is 0 Å². The zero-order chi connectivity index (χ0) is 16.9. The molecule has 1 aromatic carbocycles. The van der Waals surface area contributed by atoms with Crippen LogP contribution in [0.2, 0.25) is 0 Å². The molecule has 1 fully saturated rings. The summed E-state index contributed by atoms with van der Waals surface area (Å²) in [6, 6.07) is 5.77. The van der Waals surface area contributed by atoms with E-state index in [4.69, 9.17) is 0 Å². The highest BCUT2D eigenvalue weighted by Gasteiger charge is 2.21. The molecule has 2 amide bonds. The van der Waals surface area contributed by atoms with Crippen LogP contribution >= 0.6 is 11.3 Å². The smallest absolute Gasteiger partial charge is 0.321 e. The summed E-state index contributed by atoms with van der Waals surface area (Å²) in [6.45, 7) is 5.89. The molecule has 0 unspecified atom stereocenters. The van der Waals surface area contributed by atoms with Crippen molar-refractivity contribution < 1.29 is 9.18 Å². The normalized spacial score (nSPS) is 15.5. The van der Waals surface area contributed by atoms with E-state index in [2.05, 4.69) is 27.5 Å². The summed E-state index contributed by atoms with van der Waals surface area (Å²) >= 11 is 1.70. The molecule has 0 saturated carbocycles. The predicted molar refractivity (Wildman–Crippen MR) is 93.8 cm³/mol. The minimum absolute atomic E-state index is 0.179. The van der Waals surface area contributed by atoms with Crippen LogP contribution in [0.1, 0.15) is 17.6 Å². The zero-order valence-corrected chi connectivity index (χ0v) is 14.5. The summed E-state index contributed by atoms with van der Waals surface area (Å²) in [6.07, 6.45) is 0.971. The molecule has 0 atom stereocenters. The highest BCUT2D eigenvalue weighted by atomic mass is 32.1.